The molecule has 0 spiro atoms. The number of aromatic nitrogens is 3. The van der Waals surface area contributed by atoms with Crippen LogP contribution in [0.3, 0.4) is 0 Å². The fourth-order valence-electron chi connectivity index (χ4n) is 3.44. The molecule has 1 aliphatic rings. The predicted octanol–water partition coefficient (Wildman–Crippen LogP) is 2.95. The molecule has 1 saturated heterocycles. The lowest BCUT2D eigenvalue weighted by atomic mass is 9.84. The van der Waals surface area contributed by atoms with Crippen molar-refractivity contribution in [1.29, 1.82) is 0 Å². The van der Waals surface area contributed by atoms with Crippen LogP contribution < -0.4 is 10.6 Å². The fraction of sp³-hybridized carbons (Fsp3) is 0.550. The number of nitrogens with zero attached hydrogens (tertiary/aromatic N) is 3. The number of nitrogens with one attached hydrogen (secondary N) is 2. The minimum atomic E-state index is -0.150. The summed E-state index contributed by atoms with van der Waals surface area (Å²) in [5.74, 6) is -0.150. The first-order valence-corrected chi connectivity index (χ1v) is 9.36. The summed E-state index contributed by atoms with van der Waals surface area (Å²) in [5, 5.41) is 14.8. The first-order valence-electron chi connectivity index (χ1n) is 9.36. The monoisotopic (exact) mass is 391 g/mol. The van der Waals surface area contributed by atoms with E-state index in [1.165, 1.54) is 11.1 Å². The van der Waals surface area contributed by atoms with Crippen molar-refractivity contribution in [2.45, 2.75) is 52.0 Å². The number of aryl methyl sites for hydroxylation is 1. The number of hydrogen-bond donors (Lipinski definition) is 2. The van der Waals surface area contributed by atoms with Crippen LogP contribution in [0.2, 0.25) is 0 Å². The SMILES string of the molecule is Cc1ccc(C(C)(C)CNC(=O)c2nnn(C3CCNCC3)c2C)cc1.Cl. The molecule has 0 unspecified atom stereocenters. The normalized spacial score (nSPS) is 15.3. The Hall–Kier alpha value is -1.92. The van der Waals surface area contributed by atoms with Gasteiger partial charge in [-0.05, 0) is 45.3 Å². The van der Waals surface area contributed by atoms with Crippen molar-refractivity contribution < 1.29 is 4.79 Å². The highest BCUT2D eigenvalue weighted by Crippen LogP contribution is 2.23. The highest BCUT2D eigenvalue weighted by molar-refractivity contribution is 5.93. The smallest absolute Gasteiger partial charge is 0.273 e. The summed E-state index contributed by atoms with van der Waals surface area (Å²) in [6.07, 6.45) is 2.04. The van der Waals surface area contributed by atoms with Gasteiger partial charge in [0.2, 0.25) is 0 Å². The molecule has 0 radical (unpaired) electrons. The van der Waals surface area contributed by atoms with Crippen LogP contribution in [-0.2, 0) is 5.41 Å². The average Bonchev–Trinajstić information content (AvgIpc) is 3.02. The van der Waals surface area contributed by atoms with Gasteiger partial charge in [0.1, 0.15) is 0 Å². The summed E-state index contributed by atoms with van der Waals surface area (Å²) in [4.78, 5) is 12.7. The maximum Gasteiger partial charge on any atom is 0.273 e. The van der Waals surface area contributed by atoms with E-state index in [4.69, 9.17) is 0 Å². The van der Waals surface area contributed by atoms with E-state index in [9.17, 15) is 4.79 Å². The lowest BCUT2D eigenvalue weighted by Gasteiger charge is -2.26. The zero-order chi connectivity index (χ0) is 18.7. The Morgan fingerprint density at radius 3 is 2.48 bits per heavy atom. The van der Waals surface area contributed by atoms with Crippen molar-refractivity contribution in [2.24, 2.45) is 0 Å². The van der Waals surface area contributed by atoms with Crippen LogP contribution in [0.1, 0.15) is 60.0 Å². The average molecular weight is 392 g/mol. The van der Waals surface area contributed by atoms with Crippen LogP contribution in [0.4, 0.5) is 0 Å². The molecule has 0 aliphatic carbocycles. The van der Waals surface area contributed by atoms with Gasteiger partial charge in [0, 0.05) is 12.0 Å². The number of carbonyl (C=O) groups is 1. The largest absolute Gasteiger partial charge is 0.350 e. The van der Waals surface area contributed by atoms with Gasteiger partial charge in [-0.15, -0.1) is 17.5 Å². The number of hydrogen-bond acceptors (Lipinski definition) is 4. The number of amides is 1. The van der Waals surface area contributed by atoms with Gasteiger partial charge in [-0.1, -0.05) is 48.9 Å². The molecule has 2 aromatic rings. The van der Waals surface area contributed by atoms with Crippen LogP contribution in [0.25, 0.3) is 0 Å². The number of carbonyl (C=O) groups excluding carboxylic acids is 1. The lowest BCUT2D eigenvalue weighted by Crippen LogP contribution is -2.37. The fourth-order valence-corrected chi connectivity index (χ4v) is 3.44. The zero-order valence-corrected chi connectivity index (χ0v) is 17.4. The molecule has 1 amide bonds. The van der Waals surface area contributed by atoms with Crippen molar-refractivity contribution >= 4 is 18.3 Å². The van der Waals surface area contributed by atoms with E-state index >= 15 is 0 Å². The maximum atomic E-state index is 12.7. The number of rotatable bonds is 5. The Kier molecular flexibility index (Phi) is 7.00. The quantitative estimate of drug-likeness (QED) is 0.821. The third-order valence-electron chi connectivity index (χ3n) is 5.32. The molecule has 27 heavy (non-hydrogen) atoms. The first-order chi connectivity index (χ1) is 12.4. The molecule has 6 nitrogen and oxygen atoms in total. The molecule has 1 aromatic heterocycles. The third-order valence-corrected chi connectivity index (χ3v) is 5.32. The highest BCUT2D eigenvalue weighted by Gasteiger charge is 2.25. The molecule has 3 rings (SSSR count). The Balaban J connectivity index is 0.00000261. The van der Waals surface area contributed by atoms with E-state index in [2.05, 4.69) is 66.0 Å². The van der Waals surface area contributed by atoms with Crippen molar-refractivity contribution in [3.05, 3.63) is 46.8 Å². The Bertz CT molecular complexity index is 763. The molecule has 0 atom stereocenters. The lowest BCUT2D eigenvalue weighted by molar-refractivity contribution is 0.0940. The van der Waals surface area contributed by atoms with Gasteiger partial charge in [0.25, 0.3) is 5.91 Å². The van der Waals surface area contributed by atoms with E-state index in [0.717, 1.165) is 31.6 Å². The van der Waals surface area contributed by atoms with Crippen molar-refractivity contribution in [3.63, 3.8) is 0 Å². The molecule has 0 saturated carbocycles. The maximum absolute atomic E-state index is 12.7. The second-order valence-corrected chi connectivity index (χ2v) is 7.88. The minimum Gasteiger partial charge on any atom is -0.350 e. The summed E-state index contributed by atoms with van der Waals surface area (Å²) < 4.78 is 1.92. The molecule has 2 N–H and O–H groups in total. The number of halogens is 1. The summed E-state index contributed by atoms with van der Waals surface area (Å²) in [6, 6.07) is 8.79. The molecule has 1 aliphatic heterocycles. The first kappa shape index (κ1) is 21.4. The van der Waals surface area contributed by atoms with Crippen LogP contribution in [0.5, 0.6) is 0 Å². The molecular weight excluding hydrogens is 362 g/mol. The van der Waals surface area contributed by atoms with Gasteiger partial charge in [-0.2, -0.15) is 0 Å². The highest BCUT2D eigenvalue weighted by atomic mass is 35.5. The van der Waals surface area contributed by atoms with Gasteiger partial charge in [0.05, 0.1) is 11.7 Å². The standard InChI is InChI=1S/C20H29N5O.ClH/c1-14-5-7-16(8-6-14)20(3,4)13-22-19(26)18-15(2)25(24-23-18)17-9-11-21-12-10-17;/h5-8,17,21H,9-13H2,1-4H3,(H,22,26);1H. The minimum absolute atomic E-state index is 0. The molecule has 148 valence electrons. The zero-order valence-electron chi connectivity index (χ0n) is 16.6. The molecule has 7 heteroatoms. The number of benzene rings is 1. The van der Waals surface area contributed by atoms with E-state index in [0.29, 0.717) is 18.3 Å². The van der Waals surface area contributed by atoms with Crippen LogP contribution in [-0.4, -0.2) is 40.5 Å². The molecule has 0 bridgehead atoms. The Morgan fingerprint density at radius 1 is 1.22 bits per heavy atom. The topological polar surface area (TPSA) is 71.8 Å². The van der Waals surface area contributed by atoms with E-state index in [1.54, 1.807) is 0 Å². The summed E-state index contributed by atoms with van der Waals surface area (Å²) >= 11 is 0. The van der Waals surface area contributed by atoms with Crippen molar-refractivity contribution in [3.8, 4) is 0 Å². The van der Waals surface area contributed by atoms with Crippen LogP contribution in [0, 0.1) is 13.8 Å². The second kappa shape index (κ2) is 8.85. The predicted molar refractivity (Wildman–Crippen MR) is 110 cm³/mol. The molecule has 1 fully saturated rings. The van der Waals surface area contributed by atoms with E-state index in [-0.39, 0.29) is 23.7 Å². The van der Waals surface area contributed by atoms with Crippen molar-refractivity contribution in [2.75, 3.05) is 19.6 Å². The Labute approximate surface area is 167 Å². The molecule has 1 aromatic carbocycles. The summed E-state index contributed by atoms with van der Waals surface area (Å²) in [7, 11) is 0. The van der Waals surface area contributed by atoms with E-state index in [1.807, 2.05) is 11.6 Å². The van der Waals surface area contributed by atoms with Crippen molar-refractivity contribution in [1.82, 2.24) is 25.6 Å². The van der Waals surface area contributed by atoms with Gasteiger partial charge in [-0.3, -0.25) is 4.79 Å². The summed E-state index contributed by atoms with van der Waals surface area (Å²) in [6.45, 7) is 10.8. The van der Waals surface area contributed by atoms with Gasteiger partial charge in [0.15, 0.2) is 5.69 Å². The van der Waals surface area contributed by atoms with Gasteiger partial charge >= 0.3 is 0 Å². The second-order valence-electron chi connectivity index (χ2n) is 7.88. The molecular formula is C20H30ClN5O. The van der Waals surface area contributed by atoms with Crippen LogP contribution in [0.15, 0.2) is 24.3 Å². The number of piperidine rings is 1. The van der Waals surface area contributed by atoms with Crippen LogP contribution >= 0.6 is 12.4 Å². The summed E-state index contributed by atoms with van der Waals surface area (Å²) in [5.41, 5.74) is 3.57. The van der Waals surface area contributed by atoms with Gasteiger partial charge < -0.3 is 10.6 Å². The Morgan fingerprint density at radius 2 is 1.85 bits per heavy atom. The molecule has 2 heterocycles. The van der Waals surface area contributed by atoms with E-state index < -0.39 is 0 Å². The van der Waals surface area contributed by atoms with Gasteiger partial charge in [-0.25, -0.2) is 4.68 Å². The third kappa shape index (κ3) is 4.87.